The maximum absolute atomic E-state index is 13.7. The molecule has 0 bridgehead atoms. The molecule has 1 atom stereocenters. The van der Waals surface area contributed by atoms with E-state index in [-0.39, 0.29) is 23.3 Å². The lowest BCUT2D eigenvalue weighted by atomic mass is 10.0. The number of morpholine rings is 1. The van der Waals surface area contributed by atoms with Crippen molar-refractivity contribution < 1.29 is 19.0 Å². The topological polar surface area (TPSA) is 49.8 Å². The van der Waals surface area contributed by atoms with Crippen LogP contribution in [0.1, 0.15) is 31.1 Å². The van der Waals surface area contributed by atoms with Gasteiger partial charge >= 0.3 is 0 Å². The number of carbonyl (C=O) groups is 1. The molecule has 0 radical (unpaired) electrons. The van der Waals surface area contributed by atoms with Crippen LogP contribution in [-0.2, 0) is 4.74 Å². The van der Waals surface area contributed by atoms with Crippen LogP contribution in [0.15, 0.2) is 18.2 Å². The van der Waals surface area contributed by atoms with Crippen molar-refractivity contribution in [3.8, 4) is 5.75 Å². The van der Waals surface area contributed by atoms with E-state index in [2.05, 4.69) is 0 Å². The lowest BCUT2D eigenvalue weighted by Crippen LogP contribution is -2.53. The Balaban J connectivity index is 2.24. The van der Waals surface area contributed by atoms with Crippen molar-refractivity contribution in [3.05, 3.63) is 29.6 Å². The first-order chi connectivity index (χ1) is 8.78. The smallest absolute Gasteiger partial charge is 0.257 e. The Hall–Kier alpha value is -1.62. The molecule has 1 aromatic rings. The highest BCUT2D eigenvalue weighted by Gasteiger charge is 2.34. The van der Waals surface area contributed by atoms with Crippen molar-refractivity contribution >= 4 is 5.91 Å². The third-order valence-electron chi connectivity index (χ3n) is 3.04. The molecule has 5 heteroatoms. The molecule has 1 saturated heterocycles. The fourth-order valence-electron chi connectivity index (χ4n) is 2.46. The fourth-order valence-corrected chi connectivity index (χ4v) is 2.46. The van der Waals surface area contributed by atoms with Crippen LogP contribution in [0.3, 0.4) is 0 Å². The highest BCUT2D eigenvalue weighted by Crippen LogP contribution is 2.24. The van der Waals surface area contributed by atoms with Crippen molar-refractivity contribution in [2.24, 2.45) is 0 Å². The molecular weight excluding hydrogens is 249 g/mol. The molecule has 0 saturated carbocycles. The summed E-state index contributed by atoms with van der Waals surface area (Å²) in [5.74, 6) is -1.27. The van der Waals surface area contributed by atoms with E-state index in [9.17, 15) is 9.18 Å². The van der Waals surface area contributed by atoms with E-state index >= 15 is 0 Å². The van der Waals surface area contributed by atoms with Crippen LogP contribution in [0.2, 0.25) is 0 Å². The van der Waals surface area contributed by atoms with E-state index < -0.39 is 11.4 Å². The zero-order valence-corrected chi connectivity index (χ0v) is 11.3. The average molecular weight is 267 g/mol. The monoisotopic (exact) mass is 267 g/mol. The van der Waals surface area contributed by atoms with Gasteiger partial charge in [-0.3, -0.25) is 4.79 Å². The summed E-state index contributed by atoms with van der Waals surface area (Å²) in [4.78, 5) is 13.9. The van der Waals surface area contributed by atoms with Gasteiger partial charge in [-0.05, 0) is 32.9 Å². The molecule has 0 aromatic heterocycles. The Labute approximate surface area is 111 Å². The molecule has 1 heterocycles. The van der Waals surface area contributed by atoms with Crippen molar-refractivity contribution in [2.45, 2.75) is 32.5 Å². The highest BCUT2D eigenvalue weighted by atomic mass is 19.1. The Morgan fingerprint density at radius 1 is 1.53 bits per heavy atom. The number of benzene rings is 1. The van der Waals surface area contributed by atoms with Crippen LogP contribution < -0.4 is 0 Å². The van der Waals surface area contributed by atoms with Crippen molar-refractivity contribution in [2.75, 3.05) is 13.1 Å². The second-order valence-electron chi connectivity index (χ2n) is 5.54. The van der Waals surface area contributed by atoms with Crippen LogP contribution in [0.25, 0.3) is 0 Å². The van der Waals surface area contributed by atoms with Crippen molar-refractivity contribution in [1.82, 2.24) is 4.90 Å². The summed E-state index contributed by atoms with van der Waals surface area (Å²) >= 11 is 0. The number of nitrogens with zero attached hydrogens (tertiary/aromatic N) is 1. The van der Waals surface area contributed by atoms with Gasteiger partial charge in [0.1, 0.15) is 11.6 Å². The van der Waals surface area contributed by atoms with Crippen LogP contribution in [-0.4, -0.2) is 40.7 Å². The van der Waals surface area contributed by atoms with Gasteiger partial charge in [0.05, 0.1) is 17.3 Å². The molecule has 4 nitrogen and oxygen atoms in total. The van der Waals surface area contributed by atoms with Gasteiger partial charge in [-0.2, -0.15) is 0 Å². The van der Waals surface area contributed by atoms with E-state index in [1.807, 2.05) is 20.8 Å². The number of phenols is 1. The first-order valence-corrected chi connectivity index (χ1v) is 6.24. The van der Waals surface area contributed by atoms with Crippen LogP contribution in [0.4, 0.5) is 4.39 Å². The van der Waals surface area contributed by atoms with Gasteiger partial charge in [0, 0.05) is 19.2 Å². The molecular formula is C14H18FNO3. The van der Waals surface area contributed by atoms with Crippen LogP contribution in [0.5, 0.6) is 5.75 Å². The van der Waals surface area contributed by atoms with E-state index in [0.717, 1.165) is 6.07 Å². The number of rotatable bonds is 1. The first-order valence-electron chi connectivity index (χ1n) is 6.24. The third-order valence-corrected chi connectivity index (χ3v) is 3.04. The summed E-state index contributed by atoms with van der Waals surface area (Å²) in [5.41, 5.74) is -0.469. The predicted octanol–water partition coefficient (Wildman–Crippen LogP) is 2.17. The van der Waals surface area contributed by atoms with Crippen LogP contribution >= 0.6 is 0 Å². The van der Waals surface area contributed by atoms with Gasteiger partial charge < -0.3 is 14.7 Å². The maximum Gasteiger partial charge on any atom is 0.257 e. The number of amides is 1. The molecule has 1 unspecified atom stereocenters. The summed E-state index contributed by atoms with van der Waals surface area (Å²) in [5, 5.41) is 9.17. The molecule has 19 heavy (non-hydrogen) atoms. The molecule has 1 N–H and O–H groups in total. The van der Waals surface area contributed by atoms with Gasteiger partial charge in [0.25, 0.3) is 5.91 Å². The number of phenolic OH excluding ortho intramolecular Hbond substituents is 1. The number of carbonyl (C=O) groups excluding carboxylic acids is 1. The fraction of sp³-hybridized carbons (Fsp3) is 0.500. The van der Waals surface area contributed by atoms with E-state index in [0.29, 0.717) is 13.1 Å². The van der Waals surface area contributed by atoms with E-state index in [4.69, 9.17) is 9.84 Å². The Kier molecular flexibility index (Phi) is 3.49. The van der Waals surface area contributed by atoms with E-state index in [1.54, 1.807) is 4.90 Å². The van der Waals surface area contributed by atoms with Crippen molar-refractivity contribution in [1.29, 1.82) is 0 Å². The Morgan fingerprint density at radius 3 is 2.79 bits per heavy atom. The van der Waals surface area contributed by atoms with Crippen molar-refractivity contribution in [3.63, 3.8) is 0 Å². The van der Waals surface area contributed by atoms with E-state index in [1.165, 1.54) is 12.1 Å². The molecule has 1 fully saturated rings. The number of halogens is 1. The molecule has 104 valence electrons. The number of hydrogen-bond acceptors (Lipinski definition) is 3. The number of aromatic hydroxyl groups is 1. The minimum absolute atomic E-state index is 0.0253. The van der Waals surface area contributed by atoms with Gasteiger partial charge in [-0.1, -0.05) is 0 Å². The SMILES string of the molecule is CC1CN(C(=O)c2ccc(O)cc2F)CC(C)(C)O1. The summed E-state index contributed by atoms with van der Waals surface area (Å²) in [6, 6.07) is 3.56. The molecule has 1 aliphatic rings. The molecule has 0 spiro atoms. The maximum atomic E-state index is 13.7. The predicted molar refractivity (Wildman–Crippen MR) is 68.6 cm³/mol. The normalized spacial score (nSPS) is 22.3. The molecule has 1 aromatic carbocycles. The third kappa shape index (κ3) is 3.04. The molecule has 2 rings (SSSR count). The molecule has 1 aliphatic heterocycles. The second-order valence-corrected chi connectivity index (χ2v) is 5.54. The minimum atomic E-state index is -0.707. The summed E-state index contributed by atoms with van der Waals surface area (Å²) in [7, 11) is 0. The lowest BCUT2D eigenvalue weighted by Gasteiger charge is -2.41. The zero-order valence-electron chi connectivity index (χ0n) is 11.3. The van der Waals surface area contributed by atoms with Gasteiger partial charge in [0.2, 0.25) is 0 Å². The molecule has 0 aliphatic carbocycles. The second kappa shape index (κ2) is 4.81. The quantitative estimate of drug-likeness (QED) is 0.848. The largest absolute Gasteiger partial charge is 0.508 e. The Morgan fingerprint density at radius 2 is 2.21 bits per heavy atom. The highest BCUT2D eigenvalue weighted by molar-refractivity contribution is 5.94. The van der Waals surface area contributed by atoms with Gasteiger partial charge in [-0.15, -0.1) is 0 Å². The van der Waals surface area contributed by atoms with Crippen LogP contribution in [0, 0.1) is 5.82 Å². The Bertz CT molecular complexity index is 501. The minimum Gasteiger partial charge on any atom is -0.508 e. The summed E-state index contributed by atoms with van der Waals surface area (Å²) < 4.78 is 19.4. The first kappa shape index (κ1) is 13.8. The standard InChI is InChI=1S/C14H18FNO3/c1-9-7-16(8-14(2,3)19-9)13(18)11-5-4-10(17)6-12(11)15/h4-6,9,17H,7-8H2,1-3H3. The summed E-state index contributed by atoms with van der Waals surface area (Å²) in [6.07, 6.45) is -0.0899. The average Bonchev–Trinajstić information content (AvgIpc) is 2.25. The van der Waals surface area contributed by atoms with Gasteiger partial charge in [0.15, 0.2) is 0 Å². The number of hydrogen-bond donors (Lipinski definition) is 1. The summed E-state index contributed by atoms with van der Waals surface area (Å²) in [6.45, 7) is 6.53. The zero-order chi connectivity index (χ0) is 14.2. The number of ether oxygens (including phenoxy) is 1. The molecule has 1 amide bonds. The van der Waals surface area contributed by atoms with Gasteiger partial charge in [-0.25, -0.2) is 4.39 Å². The lowest BCUT2D eigenvalue weighted by molar-refractivity contribution is -0.118.